The molecule has 0 aromatic heterocycles. The van der Waals surface area contributed by atoms with E-state index >= 15 is 0 Å². The van der Waals surface area contributed by atoms with E-state index in [9.17, 15) is 4.79 Å². The number of hydrogen-bond acceptors (Lipinski definition) is 4. The molecule has 0 aliphatic carbocycles. The van der Waals surface area contributed by atoms with Crippen molar-refractivity contribution in [2.75, 3.05) is 32.2 Å². The zero-order valence-electron chi connectivity index (χ0n) is 12.0. The Kier molecular flexibility index (Phi) is 5.38. The van der Waals surface area contributed by atoms with Crippen LogP contribution in [-0.4, -0.2) is 38.8 Å². The molecule has 20 heavy (non-hydrogen) atoms. The van der Waals surface area contributed by atoms with Gasteiger partial charge in [-0.3, -0.25) is 4.79 Å². The molecule has 1 fully saturated rings. The fraction of sp³-hybridized carbons (Fsp3) is 0.533. The van der Waals surface area contributed by atoms with Crippen LogP contribution in [0.15, 0.2) is 24.3 Å². The lowest BCUT2D eigenvalue weighted by Crippen LogP contribution is -2.39. The largest absolute Gasteiger partial charge is 0.497 e. The van der Waals surface area contributed by atoms with Crippen LogP contribution in [0.3, 0.4) is 0 Å². The molecule has 1 saturated heterocycles. The average Bonchev–Trinajstić information content (AvgIpc) is 3.00. The summed E-state index contributed by atoms with van der Waals surface area (Å²) in [5.41, 5.74) is 0.773. The Bertz CT molecular complexity index is 427. The SMILES string of the molecule is COc1ccc(NC(=O)CNC(C)C2CCOC2)cc1. The molecule has 5 nitrogen and oxygen atoms in total. The molecule has 0 saturated carbocycles. The van der Waals surface area contributed by atoms with Crippen molar-refractivity contribution >= 4 is 11.6 Å². The second-order valence-electron chi connectivity index (χ2n) is 5.07. The van der Waals surface area contributed by atoms with E-state index in [0.717, 1.165) is 31.1 Å². The Morgan fingerprint density at radius 2 is 2.20 bits per heavy atom. The first-order valence-electron chi connectivity index (χ1n) is 6.94. The van der Waals surface area contributed by atoms with Crippen LogP contribution in [0.1, 0.15) is 13.3 Å². The Hall–Kier alpha value is -1.59. The second-order valence-corrected chi connectivity index (χ2v) is 5.07. The van der Waals surface area contributed by atoms with Gasteiger partial charge in [0.15, 0.2) is 0 Å². The summed E-state index contributed by atoms with van der Waals surface area (Å²) in [6.45, 7) is 4.02. The number of methoxy groups -OCH3 is 1. The first-order valence-corrected chi connectivity index (χ1v) is 6.94. The van der Waals surface area contributed by atoms with E-state index in [1.54, 1.807) is 7.11 Å². The smallest absolute Gasteiger partial charge is 0.238 e. The molecule has 1 aliphatic heterocycles. The van der Waals surface area contributed by atoms with Gasteiger partial charge in [0.2, 0.25) is 5.91 Å². The third-order valence-corrected chi connectivity index (χ3v) is 3.63. The van der Waals surface area contributed by atoms with Crippen LogP contribution in [0.4, 0.5) is 5.69 Å². The summed E-state index contributed by atoms with van der Waals surface area (Å²) >= 11 is 0. The number of nitrogens with one attached hydrogen (secondary N) is 2. The molecular weight excluding hydrogens is 256 g/mol. The molecule has 5 heteroatoms. The normalized spacial score (nSPS) is 19.6. The topological polar surface area (TPSA) is 59.6 Å². The summed E-state index contributed by atoms with van der Waals surface area (Å²) in [6, 6.07) is 7.58. The number of amides is 1. The summed E-state index contributed by atoms with van der Waals surface area (Å²) in [4.78, 5) is 11.9. The van der Waals surface area contributed by atoms with Crippen LogP contribution in [0.25, 0.3) is 0 Å². The molecule has 110 valence electrons. The third-order valence-electron chi connectivity index (χ3n) is 3.63. The Balaban J connectivity index is 1.74. The lowest BCUT2D eigenvalue weighted by atomic mass is 10.0. The lowest BCUT2D eigenvalue weighted by molar-refractivity contribution is -0.115. The van der Waals surface area contributed by atoms with E-state index < -0.39 is 0 Å². The van der Waals surface area contributed by atoms with Crippen molar-refractivity contribution in [2.45, 2.75) is 19.4 Å². The molecule has 2 unspecified atom stereocenters. The van der Waals surface area contributed by atoms with Gasteiger partial charge in [-0.1, -0.05) is 0 Å². The maximum atomic E-state index is 11.9. The number of carbonyl (C=O) groups is 1. The molecule has 1 aromatic rings. The quantitative estimate of drug-likeness (QED) is 0.830. The van der Waals surface area contributed by atoms with Crippen molar-refractivity contribution in [1.82, 2.24) is 5.32 Å². The molecule has 2 atom stereocenters. The molecular formula is C15H22N2O3. The third kappa shape index (κ3) is 4.21. The number of ether oxygens (including phenoxy) is 2. The predicted molar refractivity (Wildman–Crippen MR) is 78.0 cm³/mol. The van der Waals surface area contributed by atoms with Crippen LogP contribution in [0, 0.1) is 5.92 Å². The predicted octanol–water partition coefficient (Wildman–Crippen LogP) is 1.65. The van der Waals surface area contributed by atoms with Gasteiger partial charge in [-0.15, -0.1) is 0 Å². The van der Waals surface area contributed by atoms with Gasteiger partial charge < -0.3 is 20.1 Å². The van der Waals surface area contributed by atoms with Crippen LogP contribution in [0.5, 0.6) is 5.75 Å². The number of carbonyl (C=O) groups excluding carboxylic acids is 1. The van der Waals surface area contributed by atoms with Gasteiger partial charge in [-0.25, -0.2) is 0 Å². The van der Waals surface area contributed by atoms with Gasteiger partial charge in [0.05, 0.1) is 20.3 Å². The van der Waals surface area contributed by atoms with Crippen molar-refractivity contribution < 1.29 is 14.3 Å². The maximum Gasteiger partial charge on any atom is 0.238 e. The standard InChI is InChI=1S/C15H22N2O3/c1-11(12-7-8-20-10-12)16-9-15(18)17-13-3-5-14(19-2)6-4-13/h3-6,11-12,16H,7-10H2,1-2H3,(H,17,18). The molecule has 1 heterocycles. The Labute approximate surface area is 119 Å². The van der Waals surface area contributed by atoms with E-state index in [1.165, 1.54) is 0 Å². The van der Waals surface area contributed by atoms with E-state index in [0.29, 0.717) is 18.5 Å². The van der Waals surface area contributed by atoms with E-state index in [-0.39, 0.29) is 5.91 Å². The lowest BCUT2D eigenvalue weighted by Gasteiger charge is -2.18. The summed E-state index contributed by atoms with van der Waals surface area (Å²) in [5, 5.41) is 6.10. The monoisotopic (exact) mass is 278 g/mol. The van der Waals surface area contributed by atoms with Crippen molar-refractivity contribution in [3.05, 3.63) is 24.3 Å². The van der Waals surface area contributed by atoms with Crippen LogP contribution in [-0.2, 0) is 9.53 Å². The van der Waals surface area contributed by atoms with Crippen LogP contribution < -0.4 is 15.4 Å². The molecule has 0 spiro atoms. The minimum Gasteiger partial charge on any atom is -0.497 e. The number of rotatable bonds is 6. The van der Waals surface area contributed by atoms with E-state index in [4.69, 9.17) is 9.47 Å². The Morgan fingerprint density at radius 1 is 1.45 bits per heavy atom. The summed E-state index contributed by atoms with van der Waals surface area (Å²) in [6.07, 6.45) is 1.06. The highest BCUT2D eigenvalue weighted by Gasteiger charge is 2.22. The fourth-order valence-corrected chi connectivity index (χ4v) is 2.25. The molecule has 2 rings (SSSR count). The molecule has 1 aromatic carbocycles. The summed E-state index contributed by atoms with van der Waals surface area (Å²) < 4.78 is 10.4. The molecule has 0 bridgehead atoms. The van der Waals surface area contributed by atoms with Crippen molar-refractivity contribution in [3.8, 4) is 5.75 Å². The minimum absolute atomic E-state index is 0.0408. The number of hydrogen-bond donors (Lipinski definition) is 2. The highest BCUT2D eigenvalue weighted by atomic mass is 16.5. The first-order chi connectivity index (χ1) is 9.69. The second kappa shape index (κ2) is 7.26. The maximum absolute atomic E-state index is 11.9. The van der Waals surface area contributed by atoms with Gasteiger partial charge >= 0.3 is 0 Å². The van der Waals surface area contributed by atoms with Gasteiger partial charge in [-0.05, 0) is 43.5 Å². The number of benzene rings is 1. The molecule has 2 N–H and O–H groups in total. The minimum atomic E-state index is -0.0408. The van der Waals surface area contributed by atoms with Crippen molar-refractivity contribution in [1.29, 1.82) is 0 Å². The highest BCUT2D eigenvalue weighted by Crippen LogP contribution is 2.16. The highest BCUT2D eigenvalue weighted by molar-refractivity contribution is 5.92. The van der Waals surface area contributed by atoms with Crippen molar-refractivity contribution in [3.63, 3.8) is 0 Å². The van der Waals surface area contributed by atoms with Crippen LogP contribution >= 0.6 is 0 Å². The zero-order valence-corrected chi connectivity index (χ0v) is 12.0. The summed E-state index contributed by atoms with van der Waals surface area (Å²) in [5.74, 6) is 1.24. The van der Waals surface area contributed by atoms with Gasteiger partial charge in [-0.2, -0.15) is 0 Å². The van der Waals surface area contributed by atoms with E-state index in [2.05, 4.69) is 17.6 Å². The number of anilines is 1. The Morgan fingerprint density at radius 3 is 2.80 bits per heavy atom. The van der Waals surface area contributed by atoms with Gasteiger partial charge in [0.25, 0.3) is 0 Å². The molecule has 0 radical (unpaired) electrons. The first kappa shape index (κ1) is 14.8. The fourth-order valence-electron chi connectivity index (χ4n) is 2.25. The van der Waals surface area contributed by atoms with Gasteiger partial charge in [0.1, 0.15) is 5.75 Å². The molecule has 1 amide bonds. The molecule has 1 aliphatic rings. The van der Waals surface area contributed by atoms with Crippen LogP contribution in [0.2, 0.25) is 0 Å². The van der Waals surface area contributed by atoms with E-state index in [1.807, 2.05) is 24.3 Å². The van der Waals surface area contributed by atoms with Gasteiger partial charge in [0, 0.05) is 18.3 Å². The van der Waals surface area contributed by atoms with Crippen molar-refractivity contribution in [2.24, 2.45) is 5.92 Å². The summed E-state index contributed by atoms with van der Waals surface area (Å²) in [7, 11) is 1.62. The zero-order chi connectivity index (χ0) is 14.4. The average molecular weight is 278 g/mol.